The number of hydrogen-bond donors (Lipinski definition) is 3. The first-order chi connectivity index (χ1) is 15.0. The van der Waals surface area contributed by atoms with Gasteiger partial charge in [0.05, 0.1) is 17.4 Å². The molecule has 0 spiro atoms. The molecule has 0 amide bonds. The van der Waals surface area contributed by atoms with Crippen LogP contribution < -0.4 is 15.5 Å². The van der Waals surface area contributed by atoms with Gasteiger partial charge in [-0.2, -0.15) is 0 Å². The second-order valence-electron chi connectivity index (χ2n) is 8.00. The van der Waals surface area contributed by atoms with Gasteiger partial charge in [-0.05, 0) is 67.8 Å². The molecule has 0 fully saturated rings. The molecule has 0 unspecified atom stereocenters. The first kappa shape index (κ1) is 20.9. The van der Waals surface area contributed by atoms with Crippen LogP contribution >= 0.6 is 0 Å². The summed E-state index contributed by atoms with van der Waals surface area (Å²) >= 11 is 0. The average molecular weight is 417 g/mol. The second-order valence-corrected chi connectivity index (χ2v) is 8.00. The van der Waals surface area contributed by atoms with Crippen molar-refractivity contribution in [3.8, 4) is 0 Å². The highest BCUT2D eigenvalue weighted by Gasteiger charge is 2.20. The molecule has 2 heterocycles. The van der Waals surface area contributed by atoms with Crippen molar-refractivity contribution >= 4 is 23.0 Å². The van der Waals surface area contributed by atoms with Gasteiger partial charge in [-0.25, -0.2) is 4.79 Å². The SMILES string of the molecule is Cc1ccc(N(C)c2ccc3c(c2)CCCN[C@@H]3CNc2cnccc2C(=O)O)cc1. The number of carboxylic acids is 1. The Morgan fingerprint density at radius 3 is 2.74 bits per heavy atom. The Kier molecular flexibility index (Phi) is 6.18. The number of pyridine rings is 1. The molecule has 6 nitrogen and oxygen atoms in total. The molecular formula is C25H28N4O2. The maximum Gasteiger partial charge on any atom is 0.337 e. The summed E-state index contributed by atoms with van der Waals surface area (Å²) in [6.07, 6.45) is 5.15. The van der Waals surface area contributed by atoms with E-state index in [2.05, 4.69) is 77.0 Å². The Labute approximate surface area is 182 Å². The number of hydrogen-bond acceptors (Lipinski definition) is 5. The van der Waals surface area contributed by atoms with Crippen molar-refractivity contribution in [2.75, 3.05) is 30.4 Å². The zero-order chi connectivity index (χ0) is 21.8. The lowest BCUT2D eigenvalue weighted by molar-refractivity contribution is 0.0697. The van der Waals surface area contributed by atoms with Gasteiger partial charge in [0.1, 0.15) is 0 Å². The van der Waals surface area contributed by atoms with Crippen LogP contribution in [0.15, 0.2) is 60.9 Å². The molecule has 31 heavy (non-hydrogen) atoms. The van der Waals surface area contributed by atoms with Crippen LogP contribution in [0.4, 0.5) is 17.1 Å². The van der Waals surface area contributed by atoms with Crippen LogP contribution in [0.25, 0.3) is 0 Å². The minimum Gasteiger partial charge on any atom is -0.478 e. The van der Waals surface area contributed by atoms with Crippen LogP contribution in [0, 0.1) is 6.92 Å². The van der Waals surface area contributed by atoms with Crippen LogP contribution in [0.3, 0.4) is 0 Å². The van der Waals surface area contributed by atoms with Crippen molar-refractivity contribution < 1.29 is 9.90 Å². The van der Waals surface area contributed by atoms with Gasteiger partial charge in [0.15, 0.2) is 0 Å². The monoisotopic (exact) mass is 416 g/mol. The van der Waals surface area contributed by atoms with Crippen LogP contribution in [-0.4, -0.2) is 36.2 Å². The number of aryl methyl sites for hydroxylation is 2. The fraction of sp³-hybridized carbons (Fsp3) is 0.280. The number of nitrogens with zero attached hydrogens (tertiary/aromatic N) is 2. The van der Waals surface area contributed by atoms with Gasteiger partial charge in [0.2, 0.25) is 0 Å². The van der Waals surface area contributed by atoms with E-state index in [0.29, 0.717) is 12.2 Å². The maximum atomic E-state index is 11.5. The van der Waals surface area contributed by atoms with Gasteiger partial charge in [0, 0.05) is 37.2 Å². The molecule has 1 aliphatic rings. The Balaban J connectivity index is 1.55. The largest absolute Gasteiger partial charge is 0.478 e. The number of carboxylic acid groups (broad SMARTS) is 1. The lowest BCUT2D eigenvalue weighted by Crippen LogP contribution is -2.28. The Morgan fingerprint density at radius 2 is 1.97 bits per heavy atom. The summed E-state index contributed by atoms with van der Waals surface area (Å²) in [5.41, 5.74) is 6.94. The zero-order valence-corrected chi connectivity index (χ0v) is 17.9. The normalized spacial score (nSPS) is 15.6. The van der Waals surface area contributed by atoms with Crippen molar-refractivity contribution in [3.63, 3.8) is 0 Å². The standard InChI is InChI=1S/C25H28N4O2/c1-17-5-7-19(8-6-17)29(2)20-9-10-21-18(14-20)4-3-12-27-24(21)16-28-23-15-26-13-11-22(23)25(30)31/h5-11,13-15,24,27-28H,3-4,12,16H2,1-2H3,(H,30,31)/t24-/m1/s1. The third-order valence-corrected chi connectivity index (χ3v) is 5.87. The van der Waals surface area contributed by atoms with Crippen molar-refractivity contribution in [1.29, 1.82) is 0 Å². The van der Waals surface area contributed by atoms with E-state index in [0.717, 1.165) is 30.8 Å². The third kappa shape index (κ3) is 4.70. The molecule has 0 radical (unpaired) electrons. The molecule has 0 aliphatic carbocycles. The predicted molar refractivity (Wildman–Crippen MR) is 124 cm³/mol. The minimum atomic E-state index is -0.956. The van der Waals surface area contributed by atoms with E-state index in [1.165, 1.54) is 29.0 Å². The van der Waals surface area contributed by atoms with E-state index < -0.39 is 5.97 Å². The Hall–Kier alpha value is -3.38. The van der Waals surface area contributed by atoms with Crippen molar-refractivity contribution in [1.82, 2.24) is 10.3 Å². The summed E-state index contributed by atoms with van der Waals surface area (Å²) in [5, 5.41) is 16.3. The van der Waals surface area contributed by atoms with E-state index >= 15 is 0 Å². The van der Waals surface area contributed by atoms with Gasteiger partial charge in [-0.1, -0.05) is 23.8 Å². The maximum absolute atomic E-state index is 11.5. The fourth-order valence-electron chi connectivity index (χ4n) is 4.06. The van der Waals surface area contributed by atoms with Crippen molar-refractivity contribution in [2.24, 2.45) is 0 Å². The molecular weight excluding hydrogens is 388 g/mol. The van der Waals surface area contributed by atoms with Crippen LogP contribution in [-0.2, 0) is 6.42 Å². The highest BCUT2D eigenvalue weighted by atomic mass is 16.4. The van der Waals surface area contributed by atoms with Gasteiger partial charge in [-0.3, -0.25) is 4.98 Å². The third-order valence-electron chi connectivity index (χ3n) is 5.87. The molecule has 1 aromatic heterocycles. The van der Waals surface area contributed by atoms with E-state index in [9.17, 15) is 9.90 Å². The van der Waals surface area contributed by atoms with Gasteiger partial charge in [-0.15, -0.1) is 0 Å². The molecule has 6 heteroatoms. The number of carbonyl (C=O) groups is 1. The molecule has 2 aromatic carbocycles. The van der Waals surface area contributed by atoms with Crippen LogP contribution in [0.2, 0.25) is 0 Å². The number of rotatable bonds is 6. The van der Waals surface area contributed by atoms with Crippen LogP contribution in [0.1, 0.15) is 39.5 Å². The number of aromatic nitrogens is 1. The van der Waals surface area contributed by atoms with Gasteiger partial charge < -0.3 is 20.6 Å². The first-order valence-corrected chi connectivity index (χ1v) is 10.6. The number of nitrogens with one attached hydrogen (secondary N) is 2. The summed E-state index contributed by atoms with van der Waals surface area (Å²) in [5.74, 6) is -0.956. The first-order valence-electron chi connectivity index (χ1n) is 10.6. The molecule has 1 atom stereocenters. The number of anilines is 3. The van der Waals surface area contributed by atoms with E-state index in [-0.39, 0.29) is 11.6 Å². The minimum absolute atomic E-state index is 0.0954. The zero-order valence-electron chi connectivity index (χ0n) is 17.9. The smallest absolute Gasteiger partial charge is 0.337 e. The number of fused-ring (bicyclic) bond motifs is 1. The van der Waals surface area contributed by atoms with Crippen molar-refractivity contribution in [3.05, 3.63) is 83.2 Å². The Morgan fingerprint density at radius 1 is 1.19 bits per heavy atom. The summed E-state index contributed by atoms with van der Waals surface area (Å²) in [7, 11) is 2.09. The molecule has 0 saturated heterocycles. The van der Waals surface area contributed by atoms with E-state index in [1.807, 2.05) is 0 Å². The highest BCUT2D eigenvalue weighted by molar-refractivity contribution is 5.93. The van der Waals surface area contributed by atoms with E-state index in [1.54, 1.807) is 6.20 Å². The summed E-state index contributed by atoms with van der Waals surface area (Å²) in [6, 6.07) is 16.8. The molecule has 0 saturated carbocycles. The van der Waals surface area contributed by atoms with Gasteiger partial charge in [0.25, 0.3) is 0 Å². The second kappa shape index (κ2) is 9.18. The molecule has 160 valence electrons. The predicted octanol–water partition coefficient (Wildman–Crippen LogP) is 4.55. The lowest BCUT2D eigenvalue weighted by Gasteiger charge is -2.24. The molecule has 4 rings (SSSR count). The van der Waals surface area contributed by atoms with Crippen molar-refractivity contribution in [2.45, 2.75) is 25.8 Å². The summed E-state index contributed by atoms with van der Waals surface area (Å²) in [4.78, 5) is 17.8. The topological polar surface area (TPSA) is 77.5 Å². The average Bonchev–Trinajstić information content (AvgIpc) is 2.99. The fourth-order valence-corrected chi connectivity index (χ4v) is 4.06. The highest BCUT2D eigenvalue weighted by Crippen LogP contribution is 2.30. The van der Waals surface area contributed by atoms with Gasteiger partial charge >= 0.3 is 5.97 Å². The van der Waals surface area contributed by atoms with E-state index in [4.69, 9.17) is 0 Å². The quantitative estimate of drug-likeness (QED) is 0.547. The summed E-state index contributed by atoms with van der Waals surface area (Å²) in [6.45, 7) is 3.60. The number of benzene rings is 2. The summed E-state index contributed by atoms with van der Waals surface area (Å²) < 4.78 is 0. The molecule has 1 aliphatic heterocycles. The molecule has 0 bridgehead atoms. The molecule has 3 N–H and O–H groups in total. The number of aromatic carboxylic acids is 1. The molecule has 3 aromatic rings. The Bertz CT molecular complexity index is 1070. The van der Waals surface area contributed by atoms with Crippen LogP contribution in [0.5, 0.6) is 0 Å². The lowest BCUT2D eigenvalue weighted by atomic mass is 9.97.